The SMILES string of the molecule is COc1ccc2c(I)c(C(=O)O)n(S(C)(=O)=O)c2c1. The highest BCUT2D eigenvalue weighted by atomic mass is 127. The summed E-state index contributed by atoms with van der Waals surface area (Å²) in [6, 6.07) is 4.80. The van der Waals surface area contributed by atoms with Gasteiger partial charge in [-0.25, -0.2) is 17.2 Å². The zero-order valence-corrected chi connectivity index (χ0v) is 13.0. The van der Waals surface area contributed by atoms with Gasteiger partial charge in [0.05, 0.1) is 22.5 Å². The number of ether oxygens (including phenoxy) is 1. The van der Waals surface area contributed by atoms with Crippen molar-refractivity contribution in [2.24, 2.45) is 0 Å². The van der Waals surface area contributed by atoms with Crippen LogP contribution in [0.1, 0.15) is 10.5 Å². The first-order chi connectivity index (χ1) is 8.77. The van der Waals surface area contributed by atoms with E-state index in [4.69, 9.17) is 4.74 Å². The van der Waals surface area contributed by atoms with E-state index in [0.29, 0.717) is 20.2 Å². The Hall–Kier alpha value is -1.29. The minimum absolute atomic E-state index is 0.258. The zero-order chi connectivity index (χ0) is 14.4. The van der Waals surface area contributed by atoms with Crippen LogP contribution in [0.3, 0.4) is 0 Å². The fraction of sp³-hybridized carbons (Fsp3) is 0.182. The van der Waals surface area contributed by atoms with Gasteiger partial charge >= 0.3 is 5.97 Å². The summed E-state index contributed by atoms with van der Waals surface area (Å²) in [7, 11) is -2.28. The molecule has 0 saturated heterocycles. The van der Waals surface area contributed by atoms with Crippen LogP contribution in [0.5, 0.6) is 5.75 Å². The lowest BCUT2D eigenvalue weighted by atomic mass is 10.2. The van der Waals surface area contributed by atoms with Gasteiger partial charge < -0.3 is 9.84 Å². The molecule has 0 aliphatic rings. The Morgan fingerprint density at radius 3 is 2.53 bits per heavy atom. The lowest BCUT2D eigenvalue weighted by Crippen LogP contribution is -2.17. The predicted molar refractivity (Wildman–Crippen MR) is 78.4 cm³/mol. The first-order valence-electron chi connectivity index (χ1n) is 5.09. The van der Waals surface area contributed by atoms with Crippen molar-refractivity contribution in [3.8, 4) is 5.75 Å². The molecule has 0 spiro atoms. The number of hydrogen-bond donors (Lipinski definition) is 1. The van der Waals surface area contributed by atoms with Crippen LogP contribution in [-0.2, 0) is 10.0 Å². The van der Waals surface area contributed by atoms with E-state index in [9.17, 15) is 18.3 Å². The van der Waals surface area contributed by atoms with Crippen LogP contribution in [-0.4, -0.2) is 36.8 Å². The molecule has 1 heterocycles. The number of hydrogen-bond acceptors (Lipinski definition) is 4. The summed E-state index contributed by atoms with van der Waals surface area (Å²) in [4.78, 5) is 11.3. The summed E-state index contributed by atoms with van der Waals surface area (Å²) in [5.41, 5.74) is 0.0370. The van der Waals surface area contributed by atoms with Crippen molar-refractivity contribution in [3.63, 3.8) is 0 Å². The maximum atomic E-state index is 11.8. The molecule has 19 heavy (non-hydrogen) atoms. The van der Waals surface area contributed by atoms with E-state index in [1.807, 2.05) is 22.6 Å². The number of nitrogens with zero attached hydrogens (tertiary/aromatic N) is 1. The molecule has 102 valence electrons. The lowest BCUT2D eigenvalue weighted by Gasteiger charge is -2.06. The predicted octanol–water partition coefficient (Wildman–Crippen LogP) is 1.76. The quantitative estimate of drug-likeness (QED) is 0.801. The molecule has 0 aliphatic carbocycles. The Balaban J connectivity index is 3.03. The highest BCUT2D eigenvalue weighted by Gasteiger charge is 2.26. The van der Waals surface area contributed by atoms with Gasteiger partial charge in [-0.2, -0.15) is 0 Å². The number of methoxy groups -OCH3 is 1. The van der Waals surface area contributed by atoms with Gasteiger partial charge in [0, 0.05) is 11.5 Å². The summed E-state index contributed by atoms with van der Waals surface area (Å²) in [6.45, 7) is 0. The van der Waals surface area contributed by atoms with Crippen molar-refractivity contribution >= 4 is 49.5 Å². The summed E-state index contributed by atoms with van der Waals surface area (Å²) >= 11 is 1.83. The van der Waals surface area contributed by atoms with Crippen molar-refractivity contribution in [2.75, 3.05) is 13.4 Å². The number of aromatic nitrogens is 1. The molecule has 0 unspecified atom stereocenters. The molecule has 0 saturated carbocycles. The van der Waals surface area contributed by atoms with Gasteiger partial charge in [-0.3, -0.25) is 0 Å². The van der Waals surface area contributed by atoms with E-state index in [-0.39, 0.29) is 5.69 Å². The first-order valence-corrected chi connectivity index (χ1v) is 8.02. The van der Waals surface area contributed by atoms with Crippen molar-refractivity contribution in [2.45, 2.75) is 0 Å². The average Bonchev–Trinajstić information content (AvgIpc) is 2.61. The van der Waals surface area contributed by atoms with Gasteiger partial charge in [-0.15, -0.1) is 0 Å². The summed E-state index contributed by atoms with van der Waals surface area (Å²) in [5.74, 6) is -0.826. The highest BCUT2D eigenvalue weighted by Crippen LogP contribution is 2.31. The molecule has 8 heteroatoms. The maximum absolute atomic E-state index is 11.8. The lowest BCUT2D eigenvalue weighted by molar-refractivity contribution is 0.0688. The Morgan fingerprint density at radius 2 is 2.05 bits per heavy atom. The molecule has 0 fully saturated rings. The number of benzene rings is 1. The monoisotopic (exact) mass is 395 g/mol. The molecule has 6 nitrogen and oxygen atoms in total. The Morgan fingerprint density at radius 1 is 1.42 bits per heavy atom. The number of carboxylic acids is 1. The highest BCUT2D eigenvalue weighted by molar-refractivity contribution is 14.1. The standard InChI is InChI=1S/C11H10INO5S/c1-18-6-3-4-7-8(5-6)13(19(2,16)17)10(9(7)12)11(14)15/h3-5H,1-2H3,(H,14,15). The van der Waals surface area contributed by atoms with Crippen LogP contribution in [0.25, 0.3) is 10.9 Å². The molecule has 0 radical (unpaired) electrons. The number of halogens is 1. The topological polar surface area (TPSA) is 85.6 Å². The summed E-state index contributed by atoms with van der Waals surface area (Å²) in [6.07, 6.45) is 0.967. The van der Waals surface area contributed by atoms with Crippen LogP contribution >= 0.6 is 22.6 Å². The number of carbonyl (C=O) groups is 1. The van der Waals surface area contributed by atoms with E-state index in [1.54, 1.807) is 12.1 Å². The van der Waals surface area contributed by atoms with E-state index >= 15 is 0 Å². The van der Waals surface area contributed by atoms with Gasteiger partial charge in [0.1, 0.15) is 5.75 Å². The van der Waals surface area contributed by atoms with Crippen LogP contribution in [0.2, 0.25) is 0 Å². The fourth-order valence-electron chi connectivity index (χ4n) is 1.85. The minimum atomic E-state index is -3.73. The molecule has 2 rings (SSSR count). The third-order valence-electron chi connectivity index (χ3n) is 2.61. The largest absolute Gasteiger partial charge is 0.497 e. The molecule has 1 aromatic carbocycles. The molecule has 2 aromatic rings. The Labute approximate surface area is 123 Å². The third kappa shape index (κ3) is 2.29. The van der Waals surface area contributed by atoms with Crippen LogP contribution < -0.4 is 4.74 Å². The number of fused-ring (bicyclic) bond motifs is 1. The van der Waals surface area contributed by atoms with Crippen LogP contribution in [0, 0.1) is 3.57 Å². The molecule has 0 aliphatic heterocycles. The van der Waals surface area contributed by atoms with Gasteiger partial charge in [-0.1, -0.05) is 0 Å². The average molecular weight is 395 g/mol. The van der Waals surface area contributed by atoms with Gasteiger partial charge in [-0.05, 0) is 34.7 Å². The van der Waals surface area contributed by atoms with Gasteiger partial charge in [0.15, 0.2) is 5.69 Å². The molecule has 0 bridgehead atoms. The Bertz CT molecular complexity index is 778. The smallest absolute Gasteiger partial charge is 0.354 e. The van der Waals surface area contributed by atoms with E-state index in [1.165, 1.54) is 13.2 Å². The number of aromatic carboxylic acids is 1. The molecule has 0 atom stereocenters. The molecule has 0 amide bonds. The van der Waals surface area contributed by atoms with E-state index in [2.05, 4.69) is 0 Å². The summed E-state index contributed by atoms with van der Waals surface area (Å²) in [5, 5.41) is 9.78. The van der Waals surface area contributed by atoms with E-state index < -0.39 is 16.0 Å². The third-order valence-corrected chi connectivity index (χ3v) is 4.74. The second-order valence-electron chi connectivity index (χ2n) is 3.88. The fourth-order valence-corrected chi connectivity index (χ4v) is 3.96. The minimum Gasteiger partial charge on any atom is -0.497 e. The Kier molecular flexibility index (Phi) is 3.47. The van der Waals surface area contributed by atoms with E-state index in [0.717, 1.165) is 10.2 Å². The van der Waals surface area contributed by atoms with Crippen molar-refractivity contribution in [1.82, 2.24) is 3.97 Å². The van der Waals surface area contributed by atoms with Crippen molar-refractivity contribution < 1.29 is 23.1 Å². The van der Waals surface area contributed by atoms with Crippen LogP contribution in [0.4, 0.5) is 0 Å². The van der Waals surface area contributed by atoms with Gasteiger partial charge in [0.25, 0.3) is 0 Å². The van der Waals surface area contributed by atoms with Gasteiger partial charge in [0.2, 0.25) is 10.0 Å². The van der Waals surface area contributed by atoms with Crippen molar-refractivity contribution in [3.05, 3.63) is 27.5 Å². The molecule has 1 aromatic heterocycles. The first kappa shape index (κ1) is 14.1. The molecular formula is C11H10INO5S. The number of rotatable bonds is 3. The second-order valence-corrected chi connectivity index (χ2v) is 6.79. The normalized spacial score (nSPS) is 11.7. The zero-order valence-electron chi connectivity index (χ0n) is 10.0. The number of carboxylic acid groups (broad SMARTS) is 1. The van der Waals surface area contributed by atoms with Crippen LogP contribution in [0.15, 0.2) is 18.2 Å². The van der Waals surface area contributed by atoms with Crippen molar-refractivity contribution in [1.29, 1.82) is 0 Å². The second kappa shape index (κ2) is 4.67. The summed E-state index contributed by atoms with van der Waals surface area (Å²) < 4.78 is 29.9. The molecule has 1 N–H and O–H groups in total. The maximum Gasteiger partial charge on any atom is 0.354 e. The molecular weight excluding hydrogens is 385 g/mol.